The van der Waals surface area contributed by atoms with Crippen LogP contribution in [0.25, 0.3) is 0 Å². The molecule has 0 heterocycles. The van der Waals surface area contributed by atoms with Gasteiger partial charge in [-0.15, -0.1) is 0 Å². The highest BCUT2D eigenvalue weighted by molar-refractivity contribution is 5.76. The van der Waals surface area contributed by atoms with Crippen molar-refractivity contribution in [3.05, 3.63) is 34.9 Å². The topological polar surface area (TPSA) is 43.4 Å². The summed E-state index contributed by atoms with van der Waals surface area (Å²) in [5.41, 5.74) is 3.05. The van der Waals surface area contributed by atoms with Gasteiger partial charge in [-0.3, -0.25) is 9.59 Å². The number of benzene rings is 1. The molecule has 1 aromatic rings. The van der Waals surface area contributed by atoms with Crippen LogP contribution in [0.2, 0.25) is 0 Å². The number of hydrogen-bond donors (Lipinski definition) is 0. The Labute approximate surface area is 94.4 Å². The second-order valence-corrected chi connectivity index (χ2v) is 4.11. The smallest absolute Gasteiger partial charge is 0.309 e. The fourth-order valence-electron chi connectivity index (χ4n) is 2.22. The third-order valence-electron chi connectivity index (χ3n) is 3.13. The predicted octanol–water partition coefficient (Wildman–Crippen LogP) is 1.78. The maximum Gasteiger partial charge on any atom is 0.309 e. The molecule has 0 aromatic heterocycles. The van der Waals surface area contributed by atoms with Crippen LogP contribution in [0, 0.1) is 5.92 Å². The molecule has 0 spiro atoms. The largest absolute Gasteiger partial charge is 0.469 e. The molecule has 3 heteroatoms. The molecular weight excluding hydrogens is 204 g/mol. The van der Waals surface area contributed by atoms with Crippen LogP contribution in [0.3, 0.4) is 0 Å². The zero-order valence-electron chi connectivity index (χ0n) is 9.23. The van der Waals surface area contributed by atoms with E-state index in [2.05, 4.69) is 0 Å². The van der Waals surface area contributed by atoms with Gasteiger partial charge in [0, 0.05) is 5.56 Å². The second-order valence-electron chi connectivity index (χ2n) is 4.11. The number of esters is 1. The Balaban J connectivity index is 2.21. The quantitative estimate of drug-likeness (QED) is 0.561. The summed E-state index contributed by atoms with van der Waals surface area (Å²) in [5.74, 6) is -0.162. The molecule has 0 amide bonds. The summed E-state index contributed by atoms with van der Waals surface area (Å²) in [6.07, 6.45) is 3.23. The zero-order chi connectivity index (χ0) is 11.5. The molecule has 16 heavy (non-hydrogen) atoms. The van der Waals surface area contributed by atoms with E-state index in [0.717, 1.165) is 31.1 Å². The minimum atomic E-state index is -0.134. The number of carbonyl (C=O) groups is 2. The van der Waals surface area contributed by atoms with E-state index in [4.69, 9.17) is 4.74 Å². The Morgan fingerprint density at radius 1 is 1.44 bits per heavy atom. The van der Waals surface area contributed by atoms with E-state index < -0.39 is 0 Å². The van der Waals surface area contributed by atoms with Crippen LogP contribution in [0.1, 0.15) is 27.9 Å². The number of carbonyl (C=O) groups excluding carboxylic acids is 2. The molecule has 0 aliphatic heterocycles. The first-order valence-corrected chi connectivity index (χ1v) is 5.39. The highest BCUT2D eigenvalue weighted by Crippen LogP contribution is 2.26. The first kappa shape index (κ1) is 10.9. The van der Waals surface area contributed by atoms with Crippen LogP contribution in [0.4, 0.5) is 0 Å². The van der Waals surface area contributed by atoms with Crippen molar-refractivity contribution in [1.29, 1.82) is 0 Å². The summed E-state index contributed by atoms with van der Waals surface area (Å²) >= 11 is 0. The number of hydrogen-bond acceptors (Lipinski definition) is 3. The van der Waals surface area contributed by atoms with Gasteiger partial charge in [-0.05, 0) is 36.5 Å². The van der Waals surface area contributed by atoms with Gasteiger partial charge in [0.25, 0.3) is 0 Å². The van der Waals surface area contributed by atoms with Crippen molar-refractivity contribution in [2.24, 2.45) is 5.92 Å². The van der Waals surface area contributed by atoms with Crippen molar-refractivity contribution in [2.45, 2.75) is 19.3 Å². The number of rotatable bonds is 2. The summed E-state index contributed by atoms with van der Waals surface area (Å²) in [7, 11) is 1.42. The third kappa shape index (κ3) is 1.98. The van der Waals surface area contributed by atoms with Crippen molar-refractivity contribution in [3.63, 3.8) is 0 Å². The Morgan fingerprint density at radius 3 is 2.94 bits per heavy atom. The minimum Gasteiger partial charge on any atom is -0.469 e. The van der Waals surface area contributed by atoms with Crippen molar-refractivity contribution >= 4 is 12.3 Å². The number of methoxy groups -OCH3 is 1. The minimum absolute atomic E-state index is 0.0282. The summed E-state index contributed by atoms with van der Waals surface area (Å²) in [4.78, 5) is 22.1. The molecule has 2 rings (SSSR count). The number of aldehydes is 1. The average Bonchev–Trinajstić information content (AvgIpc) is 2.36. The van der Waals surface area contributed by atoms with Crippen LogP contribution >= 0.6 is 0 Å². The third-order valence-corrected chi connectivity index (χ3v) is 3.13. The zero-order valence-corrected chi connectivity index (χ0v) is 9.23. The van der Waals surface area contributed by atoms with Gasteiger partial charge in [-0.25, -0.2) is 0 Å². The van der Waals surface area contributed by atoms with Gasteiger partial charge in [-0.1, -0.05) is 12.1 Å². The maximum atomic E-state index is 11.4. The molecule has 0 bridgehead atoms. The van der Waals surface area contributed by atoms with E-state index in [-0.39, 0.29) is 11.9 Å². The van der Waals surface area contributed by atoms with Crippen LogP contribution in [0.15, 0.2) is 18.2 Å². The SMILES string of the molecule is COC(=O)C1CCc2cc(C=O)ccc2C1. The summed E-state index contributed by atoms with van der Waals surface area (Å²) in [6, 6.07) is 5.65. The Hall–Kier alpha value is -1.64. The predicted molar refractivity (Wildman–Crippen MR) is 59.4 cm³/mol. The molecule has 1 unspecified atom stereocenters. The molecule has 1 aliphatic rings. The van der Waals surface area contributed by atoms with E-state index in [1.54, 1.807) is 6.07 Å². The van der Waals surface area contributed by atoms with Crippen molar-refractivity contribution < 1.29 is 14.3 Å². The molecule has 1 atom stereocenters. The van der Waals surface area contributed by atoms with E-state index in [0.29, 0.717) is 5.56 Å². The van der Waals surface area contributed by atoms with Crippen LogP contribution in [0.5, 0.6) is 0 Å². The molecule has 0 radical (unpaired) electrons. The molecule has 1 aliphatic carbocycles. The highest BCUT2D eigenvalue weighted by Gasteiger charge is 2.25. The first-order chi connectivity index (χ1) is 7.74. The maximum absolute atomic E-state index is 11.4. The Kier molecular flexibility index (Phi) is 3.04. The van der Waals surface area contributed by atoms with E-state index in [9.17, 15) is 9.59 Å². The lowest BCUT2D eigenvalue weighted by Gasteiger charge is -2.22. The molecule has 0 saturated heterocycles. The van der Waals surface area contributed by atoms with E-state index in [1.165, 1.54) is 12.7 Å². The normalized spacial score (nSPS) is 18.7. The van der Waals surface area contributed by atoms with Crippen molar-refractivity contribution in [3.8, 4) is 0 Å². The molecule has 3 nitrogen and oxygen atoms in total. The molecule has 84 valence electrons. The van der Waals surface area contributed by atoms with Gasteiger partial charge in [-0.2, -0.15) is 0 Å². The number of fused-ring (bicyclic) bond motifs is 1. The van der Waals surface area contributed by atoms with Gasteiger partial charge >= 0.3 is 5.97 Å². The summed E-state index contributed by atoms with van der Waals surface area (Å²) < 4.78 is 4.75. The lowest BCUT2D eigenvalue weighted by molar-refractivity contribution is -0.145. The fourth-order valence-corrected chi connectivity index (χ4v) is 2.22. The molecule has 0 saturated carbocycles. The molecule has 0 N–H and O–H groups in total. The molecular formula is C13H14O3. The lowest BCUT2D eigenvalue weighted by Crippen LogP contribution is -2.23. The van der Waals surface area contributed by atoms with E-state index >= 15 is 0 Å². The lowest BCUT2D eigenvalue weighted by atomic mass is 9.83. The average molecular weight is 218 g/mol. The van der Waals surface area contributed by atoms with Crippen molar-refractivity contribution in [2.75, 3.05) is 7.11 Å². The Morgan fingerprint density at radius 2 is 2.25 bits per heavy atom. The van der Waals surface area contributed by atoms with Gasteiger partial charge in [0.15, 0.2) is 0 Å². The van der Waals surface area contributed by atoms with Gasteiger partial charge in [0.2, 0.25) is 0 Å². The second kappa shape index (κ2) is 4.47. The fraction of sp³-hybridized carbons (Fsp3) is 0.385. The van der Waals surface area contributed by atoms with Crippen molar-refractivity contribution in [1.82, 2.24) is 0 Å². The van der Waals surface area contributed by atoms with E-state index in [1.807, 2.05) is 12.1 Å². The molecule has 0 fully saturated rings. The first-order valence-electron chi connectivity index (χ1n) is 5.39. The standard InChI is InChI=1S/C13H14O3/c1-16-13(15)12-5-4-10-6-9(8-14)2-3-11(10)7-12/h2-3,6,8,12H,4-5,7H2,1H3. The van der Waals surface area contributed by atoms with Gasteiger partial charge in [0.05, 0.1) is 13.0 Å². The van der Waals surface area contributed by atoms with Crippen LogP contribution < -0.4 is 0 Å². The monoisotopic (exact) mass is 218 g/mol. The number of ether oxygens (including phenoxy) is 1. The Bertz CT molecular complexity index is 423. The number of aryl methyl sites for hydroxylation is 1. The highest BCUT2D eigenvalue weighted by atomic mass is 16.5. The molecule has 1 aromatic carbocycles. The summed E-state index contributed by atoms with van der Waals surface area (Å²) in [5, 5.41) is 0. The van der Waals surface area contributed by atoms with Crippen LogP contribution in [-0.4, -0.2) is 19.4 Å². The van der Waals surface area contributed by atoms with Crippen LogP contribution in [-0.2, 0) is 22.4 Å². The van der Waals surface area contributed by atoms with Gasteiger partial charge in [0.1, 0.15) is 6.29 Å². The summed E-state index contributed by atoms with van der Waals surface area (Å²) in [6.45, 7) is 0. The van der Waals surface area contributed by atoms with Gasteiger partial charge < -0.3 is 4.74 Å².